The van der Waals surface area contributed by atoms with Crippen molar-refractivity contribution < 1.29 is 24.3 Å². The zero-order chi connectivity index (χ0) is 19.3. The average molecular weight is 379 g/mol. The number of rotatable bonds is 7. The maximum atomic E-state index is 12.3. The van der Waals surface area contributed by atoms with Gasteiger partial charge in [0.2, 0.25) is 0 Å². The van der Waals surface area contributed by atoms with Gasteiger partial charge in [-0.25, -0.2) is 4.79 Å². The predicted molar refractivity (Wildman–Crippen MR) is 99.8 cm³/mol. The number of allylic oxidation sites excluding steroid dienone is 1. The Hall–Kier alpha value is -1.56. The van der Waals surface area contributed by atoms with E-state index in [0.717, 1.165) is 82.1 Å². The Bertz CT molecular complexity index is 575. The van der Waals surface area contributed by atoms with Crippen molar-refractivity contribution in [2.45, 2.75) is 76.7 Å². The fourth-order valence-corrected chi connectivity index (χ4v) is 5.54. The summed E-state index contributed by atoms with van der Waals surface area (Å²) in [5.74, 6) is -1.16. The van der Waals surface area contributed by atoms with Gasteiger partial charge in [0, 0.05) is 17.7 Å². The van der Waals surface area contributed by atoms with Crippen LogP contribution in [0.4, 0.5) is 0 Å². The SMILES string of the molecule is COC(=O)C1=C(NCC2(C(C(=O)[O-])[NH+]3CCCCC3)CCCCC2)CCC1. The number of carboxylic acid groups (broad SMARTS) is 1. The summed E-state index contributed by atoms with van der Waals surface area (Å²) in [6.07, 6.45) is 11.1. The molecule has 2 aliphatic carbocycles. The lowest BCUT2D eigenvalue weighted by atomic mass is 9.68. The van der Waals surface area contributed by atoms with Crippen molar-refractivity contribution in [3.8, 4) is 0 Å². The summed E-state index contributed by atoms with van der Waals surface area (Å²) < 4.78 is 4.92. The number of methoxy groups -OCH3 is 1. The van der Waals surface area contributed by atoms with Crippen molar-refractivity contribution in [1.82, 2.24) is 5.32 Å². The minimum Gasteiger partial charge on any atom is -0.544 e. The van der Waals surface area contributed by atoms with E-state index in [1.54, 1.807) is 0 Å². The number of carbonyl (C=O) groups excluding carboxylic acids is 2. The van der Waals surface area contributed by atoms with Crippen LogP contribution in [0, 0.1) is 5.41 Å². The Morgan fingerprint density at radius 1 is 1.07 bits per heavy atom. The van der Waals surface area contributed by atoms with E-state index in [1.165, 1.54) is 24.9 Å². The summed E-state index contributed by atoms with van der Waals surface area (Å²) in [5, 5.41) is 15.8. The van der Waals surface area contributed by atoms with E-state index >= 15 is 0 Å². The largest absolute Gasteiger partial charge is 0.544 e. The highest BCUT2D eigenvalue weighted by Gasteiger charge is 2.47. The first kappa shape index (κ1) is 20.2. The minimum absolute atomic E-state index is 0.259. The molecule has 1 saturated heterocycles. The fraction of sp³-hybridized carbons (Fsp3) is 0.810. The summed E-state index contributed by atoms with van der Waals surface area (Å²) in [7, 11) is 1.42. The molecule has 0 amide bonds. The number of hydrogen-bond donors (Lipinski definition) is 2. The van der Waals surface area contributed by atoms with Gasteiger partial charge < -0.3 is 24.9 Å². The van der Waals surface area contributed by atoms with Crippen molar-refractivity contribution in [2.24, 2.45) is 5.41 Å². The van der Waals surface area contributed by atoms with Crippen LogP contribution in [0.25, 0.3) is 0 Å². The van der Waals surface area contributed by atoms with Crippen molar-refractivity contribution in [2.75, 3.05) is 26.7 Å². The lowest BCUT2D eigenvalue weighted by Gasteiger charge is -2.47. The molecule has 6 nitrogen and oxygen atoms in total. The number of aliphatic carboxylic acids is 1. The first-order chi connectivity index (χ1) is 13.1. The molecule has 3 aliphatic rings. The molecule has 1 atom stereocenters. The highest BCUT2D eigenvalue weighted by atomic mass is 16.5. The van der Waals surface area contributed by atoms with Gasteiger partial charge in [0.1, 0.15) is 6.04 Å². The fourth-order valence-electron chi connectivity index (χ4n) is 5.54. The molecule has 3 rings (SSSR count). The highest BCUT2D eigenvalue weighted by Crippen LogP contribution is 2.39. The topological polar surface area (TPSA) is 82.9 Å². The molecule has 1 heterocycles. The molecular weight excluding hydrogens is 344 g/mol. The molecule has 0 aromatic heterocycles. The van der Waals surface area contributed by atoms with Crippen LogP contribution in [-0.2, 0) is 14.3 Å². The van der Waals surface area contributed by atoms with Crippen molar-refractivity contribution >= 4 is 11.9 Å². The number of ether oxygens (including phenoxy) is 1. The molecule has 2 fully saturated rings. The maximum absolute atomic E-state index is 12.3. The zero-order valence-electron chi connectivity index (χ0n) is 16.6. The van der Waals surface area contributed by atoms with E-state index < -0.39 is 12.0 Å². The first-order valence-corrected chi connectivity index (χ1v) is 10.7. The molecule has 0 aromatic carbocycles. The molecular formula is C21H34N2O4. The summed E-state index contributed by atoms with van der Waals surface area (Å²) in [4.78, 5) is 25.5. The smallest absolute Gasteiger partial charge is 0.335 e. The number of piperidine rings is 1. The summed E-state index contributed by atoms with van der Waals surface area (Å²) in [6.45, 7) is 2.47. The standard InChI is InChI=1S/C21H34N2O4/c1-27-20(26)16-9-8-10-17(16)22-15-21(11-4-2-5-12-21)18(19(24)25)23-13-6-3-7-14-23/h18,22H,2-15H2,1H3,(H,24,25). The number of hydrogen-bond acceptors (Lipinski definition) is 5. The van der Waals surface area contributed by atoms with Crippen molar-refractivity contribution in [3.63, 3.8) is 0 Å². The van der Waals surface area contributed by atoms with Crippen LogP contribution >= 0.6 is 0 Å². The second kappa shape index (κ2) is 9.09. The first-order valence-electron chi connectivity index (χ1n) is 10.7. The third kappa shape index (κ3) is 4.48. The van der Waals surface area contributed by atoms with Crippen LogP contribution in [0.1, 0.15) is 70.6 Å². The molecule has 0 bridgehead atoms. The molecule has 0 aromatic rings. The van der Waals surface area contributed by atoms with Crippen LogP contribution < -0.4 is 15.3 Å². The number of quaternary nitrogens is 1. The van der Waals surface area contributed by atoms with Gasteiger partial charge in [-0.15, -0.1) is 0 Å². The predicted octanol–water partition coefficient (Wildman–Crippen LogP) is 0.325. The number of esters is 1. The lowest BCUT2D eigenvalue weighted by molar-refractivity contribution is -0.931. The molecule has 0 spiro atoms. The van der Waals surface area contributed by atoms with Gasteiger partial charge in [-0.3, -0.25) is 0 Å². The summed E-state index contributed by atoms with van der Waals surface area (Å²) in [5.41, 5.74) is 1.40. The Morgan fingerprint density at radius 2 is 1.74 bits per heavy atom. The number of nitrogens with one attached hydrogen (secondary N) is 2. The quantitative estimate of drug-likeness (QED) is 0.624. The van der Waals surface area contributed by atoms with Crippen LogP contribution in [0.2, 0.25) is 0 Å². The lowest BCUT2D eigenvalue weighted by Crippen LogP contribution is -3.19. The van der Waals surface area contributed by atoms with Gasteiger partial charge in [0.05, 0.1) is 31.7 Å². The Morgan fingerprint density at radius 3 is 2.37 bits per heavy atom. The minimum atomic E-state index is -0.899. The second-order valence-electron chi connectivity index (χ2n) is 8.55. The number of likely N-dealkylation sites (tertiary alicyclic amines) is 1. The normalized spacial score (nSPS) is 24.5. The molecule has 1 saturated carbocycles. The van der Waals surface area contributed by atoms with Crippen LogP contribution in [0.5, 0.6) is 0 Å². The monoisotopic (exact) mass is 378 g/mol. The third-order valence-electron chi connectivity index (χ3n) is 6.90. The van der Waals surface area contributed by atoms with E-state index in [-0.39, 0.29) is 11.4 Å². The van der Waals surface area contributed by atoms with Gasteiger partial charge >= 0.3 is 5.97 Å². The molecule has 1 aliphatic heterocycles. The third-order valence-corrected chi connectivity index (χ3v) is 6.90. The molecule has 27 heavy (non-hydrogen) atoms. The molecule has 1 unspecified atom stereocenters. The van der Waals surface area contributed by atoms with Crippen molar-refractivity contribution in [1.29, 1.82) is 0 Å². The zero-order valence-corrected chi connectivity index (χ0v) is 16.6. The summed E-state index contributed by atoms with van der Waals surface area (Å²) >= 11 is 0. The number of carbonyl (C=O) groups is 2. The highest BCUT2D eigenvalue weighted by molar-refractivity contribution is 5.89. The van der Waals surface area contributed by atoms with E-state index in [2.05, 4.69) is 5.32 Å². The molecule has 152 valence electrons. The van der Waals surface area contributed by atoms with Gasteiger partial charge in [-0.2, -0.15) is 0 Å². The van der Waals surface area contributed by atoms with Gasteiger partial charge in [0.15, 0.2) is 0 Å². The molecule has 0 radical (unpaired) electrons. The van der Waals surface area contributed by atoms with Gasteiger partial charge in [-0.05, 0) is 51.4 Å². The summed E-state index contributed by atoms with van der Waals surface area (Å²) in [6, 6.07) is -0.464. The van der Waals surface area contributed by atoms with Gasteiger partial charge in [0.25, 0.3) is 0 Å². The second-order valence-corrected chi connectivity index (χ2v) is 8.55. The van der Waals surface area contributed by atoms with Crippen molar-refractivity contribution in [3.05, 3.63) is 11.3 Å². The molecule has 2 N–H and O–H groups in total. The van der Waals surface area contributed by atoms with Gasteiger partial charge in [-0.1, -0.05) is 19.3 Å². The van der Waals surface area contributed by atoms with E-state index in [9.17, 15) is 14.7 Å². The van der Waals surface area contributed by atoms with E-state index in [1.807, 2.05) is 0 Å². The van der Waals surface area contributed by atoms with Crippen LogP contribution in [0.3, 0.4) is 0 Å². The van der Waals surface area contributed by atoms with Crippen LogP contribution in [0.15, 0.2) is 11.3 Å². The average Bonchev–Trinajstić information content (AvgIpc) is 3.16. The Balaban J connectivity index is 1.81. The Labute approximate surface area is 162 Å². The van der Waals surface area contributed by atoms with E-state index in [0.29, 0.717) is 6.54 Å². The maximum Gasteiger partial charge on any atom is 0.335 e. The Kier molecular flexibility index (Phi) is 6.79. The van der Waals surface area contributed by atoms with Crippen LogP contribution in [-0.4, -0.2) is 44.7 Å². The number of carboxylic acids is 1. The van der Waals surface area contributed by atoms with E-state index in [4.69, 9.17) is 4.74 Å². The molecule has 6 heteroatoms.